The SMILES string of the molecule is CC(=O)c1ccc(CCNC2=C(C(N)=Nc3ccccc3)C(=O)N(C)NC3CCC[C@@H]3N2)cc1. The number of aliphatic imine (C=N–C) groups is 1. The summed E-state index contributed by atoms with van der Waals surface area (Å²) in [7, 11) is 1.73. The van der Waals surface area contributed by atoms with E-state index in [1.165, 1.54) is 5.01 Å². The van der Waals surface area contributed by atoms with E-state index in [9.17, 15) is 9.59 Å². The Morgan fingerprint density at radius 2 is 1.82 bits per heavy atom. The number of rotatable bonds is 7. The number of para-hydroxylation sites is 1. The minimum absolute atomic E-state index is 0.0498. The van der Waals surface area contributed by atoms with E-state index in [2.05, 4.69) is 21.1 Å². The molecule has 34 heavy (non-hydrogen) atoms. The van der Waals surface area contributed by atoms with Crippen LogP contribution >= 0.6 is 0 Å². The molecule has 0 aromatic heterocycles. The Bertz CT molecular complexity index is 1090. The number of Topliss-reactive ketones (excluding diaryl/α,β-unsaturated/α-hetero) is 1. The van der Waals surface area contributed by atoms with Gasteiger partial charge in [-0.2, -0.15) is 0 Å². The van der Waals surface area contributed by atoms with Gasteiger partial charge in [0.15, 0.2) is 5.78 Å². The van der Waals surface area contributed by atoms with Crippen molar-refractivity contribution in [2.45, 2.75) is 44.7 Å². The lowest BCUT2D eigenvalue weighted by atomic mass is 10.1. The molecule has 8 heteroatoms. The number of fused-ring (bicyclic) bond motifs is 1. The first-order valence-corrected chi connectivity index (χ1v) is 11.7. The van der Waals surface area contributed by atoms with Crippen molar-refractivity contribution in [1.29, 1.82) is 0 Å². The Hall–Kier alpha value is -3.65. The molecule has 1 fully saturated rings. The van der Waals surface area contributed by atoms with Crippen LogP contribution in [0.3, 0.4) is 0 Å². The lowest BCUT2D eigenvalue weighted by Gasteiger charge is -2.34. The summed E-state index contributed by atoms with van der Waals surface area (Å²) in [6.45, 7) is 2.15. The van der Waals surface area contributed by atoms with Gasteiger partial charge in [-0.3, -0.25) is 14.6 Å². The van der Waals surface area contributed by atoms with Gasteiger partial charge in [0.2, 0.25) is 0 Å². The number of benzene rings is 2. The molecule has 1 aliphatic carbocycles. The van der Waals surface area contributed by atoms with Crippen LogP contribution in [0, 0.1) is 0 Å². The molecule has 0 spiro atoms. The molecule has 2 aromatic carbocycles. The summed E-state index contributed by atoms with van der Waals surface area (Å²) in [4.78, 5) is 29.4. The summed E-state index contributed by atoms with van der Waals surface area (Å²) < 4.78 is 0. The average Bonchev–Trinajstić information content (AvgIpc) is 3.25. The first-order chi connectivity index (χ1) is 16.4. The van der Waals surface area contributed by atoms with E-state index in [4.69, 9.17) is 5.73 Å². The van der Waals surface area contributed by atoms with Crippen LogP contribution in [0.2, 0.25) is 0 Å². The van der Waals surface area contributed by atoms with Gasteiger partial charge in [0.25, 0.3) is 5.91 Å². The van der Waals surface area contributed by atoms with Crippen LogP contribution in [-0.4, -0.2) is 48.2 Å². The van der Waals surface area contributed by atoms with Crippen molar-refractivity contribution >= 4 is 23.2 Å². The van der Waals surface area contributed by atoms with Crippen LogP contribution in [0.15, 0.2) is 71.0 Å². The van der Waals surface area contributed by atoms with Gasteiger partial charge >= 0.3 is 0 Å². The van der Waals surface area contributed by atoms with E-state index in [1.54, 1.807) is 14.0 Å². The molecule has 1 heterocycles. The number of amides is 1. The summed E-state index contributed by atoms with van der Waals surface area (Å²) in [5.41, 5.74) is 12.5. The molecular formula is C26H32N6O2. The van der Waals surface area contributed by atoms with Crippen LogP contribution < -0.4 is 21.8 Å². The molecule has 2 aromatic rings. The molecule has 1 aliphatic heterocycles. The minimum atomic E-state index is -0.247. The van der Waals surface area contributed by atoms with E-state index < -0.39 is 0 Å². The standard InChI is InChI=1S/C26H32N6O2/c1-17(33)19-13-11-18(12-14-19)15-16-28-25-23(24(27)29-20-7-4-3-5-8-20)26(34)32(2)31-22-10-6-9-21(22)30-25/h3-5,7-8,11-14,21-22,28,30-31H,6,9-10,15-16H2,1-2H3,(H2,27,29)/t21-,22?/m0/s1. The fraction of sp³-hybridized carbons (Fsp3) is 0.346. The highest BCUT2D eigenvalue weighted by Gasteiger charge is 2.35. The summed E-state index contributed by atoms with van der Waals surface area (Å²) in [6, 6.07) is 17.3. The summed E-state index contributed by atoms with van der Waals surface area (Å²) >= 11 is 0. The van der Waals surface area contributed by atoms with Crippen molar-refractivity contribution in [3.05, 3.63) is 77.1 Å². The van der Waals surface area contributed by atoms with Crippen LogP contribution in [0.1, 0.15) is 42.1 Å². The first-order valence-electron chi connectivity index (χ1n) is 11.7. The van der Waals surface area contributed by atoms with Crippen LogP contribution in [0.5, 0.6) is 0 Å². The van der Waals surface area contributed by atoms with E-state index in [0.29, 0.717) is 29.2 Å². The Morgan fingerprint density at radius 1 is 1.12 bits per heavy atom. The van der Waals surface area contributed by atoms with Crippen LogP contribution in [0.4, 0.5) is 5.69 Å². The van der Waals surface area contributed by atoms with Crippen LogP contribution in [0.25, 0.3) is 0 Å². The van der Waals surface area contributed by atoms with E-state index in [-0.39, 0.29) is 29.6 Å². The molecule has 0 radical (unpaired) electrons. The lowest BCUT2D eigenvalue weighted by Crippen LogP contribution is -2.57. The third-order valence-electron chi connectivity index (χ3n) is 6.31. The molecule has 4 rings (SSSR count). The molecule has 8 nitrogen and oxygen atoms in total. The molecule has 0 bridgehead atoms. The monoisotopic (exact) mass is 460 g/mol. The lowest BCUT2D eigenvalue weighted by molar-refractivity contribution is -0.129. The number of likely N-dealkylation sites (N-methyl/N-ethyl adjacent to an activating group) is 1. The fourth-order valence-corrected chi connectivity index (χ4v) is 4.44. The zero-order chi connectivity index (χ0) is 24.1. The molecule has 1 amide bonds. The highest BCUT2D eigenvalue weighted by molar-refractivity contribution is 6.21. The summed E-state index contributed by atoms with van der Waals surface area (Å²) in [6.07, 6.45) is 3.80. The smallest absolute Gasteiger partial charge is 0.275 e. The van der Waals surface area contributed by atoms with Gasteiger partial charge in [0.1, 0.15) is 17.2 Å². The Balaban J connectivity index is 1.61. The third kappa shape index (κ3) is 5.46. The fourth-order valence-electron chi connectivity index (χ4n) is 4.44. The average molecular weight is 461 g/mol. The van der Waals surface area contributed by atoms with Gasteiger partial charge < -0.3 is 16.4 Å². The highest BCUT2D eigenvalue weighted by Crippen LogP contribution is 2.23. The molecule has 2 atom stereocenters. The van der Waals surface area contributed by atoms with E-state index in [0.717, 1.165) is 31.2 Å². The highest BCUT2D eigenvalue weighted by atomic mass is 16.2. The van der Waals surface area contributed by atoms with Crippen molar-refractivity contribution in [2.24, 2.45) is 10.7 Å². The van der Waals surface area contributed by atoms with Gasteiger partial charge in [-0.25, -0.2) is 10.4 Å². The second-order valence-electron chi connectivity index (χ2n) is 8.79. The number of carbonyl (C=O) groups is 2. The maximum Gasteiger partial charge on any atom is 0.275 e. The van der Waals surface area contributed by atoms with E-state index in [1.807, 2.05) is 54.6 Å². The molecule has 1 unspecified atom stereocenters. The largest absolute Gasteiger partial charge is 0.383 e. The number of ketones is 1. The maximum atomic E-state index is 13.4. The predicted octanol–water partition coefficient (Wildman–Crippen LogP) is 2.41. The molecule has 1 saturated carbocycles. The number of nitrogens with zero attached hydrogens (tertiary/aromatic N) is 2. The van der Waals surface area contributed by atoms with Gasteiger partial charge in [-0.15, -0.1) is 0 Å². The molecule has 0 saturated heterocycles. The second-order valence-corrected chi connectivity index (χ2v) is 8.79. The van der Waals surface area contributed by atoms with Crippen molar-refractivity contribution in [3.63, 3.8) is 0 Å². The van der Waals surface area contributed by atoms with Gasteiger partial charge in [0, 0.05) is 31.2 Å². The van der Waals surface area contributed by atoms with Crippen molar-refractivity contribution < 1.29 is 9.59 Å². The topological polar surface area (TPSA) is 112 Å². The number of amidine groups is 1. The number of nitrogens with two attached hydrogens (primary N) is 1. The zero-order valence-electron chi connectivity index (χ0n) is 19.7. The van der Waals surface area contributed by atoms with Gasteiger partial charge in [-0.05, 0) is 50.3 Å². The molecule has 5 N–H and O–H groups in total. The van der Waals surface area contributed by atoms with Crippen molar-refractivity contribution in [1.82, 2.24) is 21.1 Å². The molecular weight excluding hydrogens is 428 g/mol. The van der Waals surface area contributed by atoms with Gasteiger partial charge in [0.05, 0.1) is 5.69 Å². The predicted molar refractivity (Wildman–Crippen MR) is 133 cm³/mol. The summed E-state index contributed by atoms with van der Waals surface area (Å²) in [5, 5.41) is 8.49. The first kappa shape index (κ1) is 23.5. The molecule has 178 valence electrons. The van der Waals surface area contributed by atoms with Crippen molar-refractivity contribution in [3.8, 4) is 0 Å². The Morgan fingerprint density at radius 3 is 2.53 bits per heavy atom. The third-order valence-corrected chi connectivity index (χ3v) is 6.31. The quantitative estimate of drug-likeness (QED) is 0.287. The van der Waals surface area contributed by atoms with Crippen LogP contribution in [-0.2, 0) is 11.2 Å². The number of nitrogens with one attached hydrogen (secondary N) is 3. The number of carbonyl (C=O) groups excluding carboxylic acids is 2. The number of hydrogen-bond donors (Lipinski definition) is 4. The minimum Gasteiger partial charge on any atom is -0.383 e. The Labute approximate surface area is 200 Å². The van der Waals surface area contributed by atoms with Crippen molar-refractivity contribution in [2.75, 3.05) is 13.6 Å². The number of hydrogen-bond acceptors (Lipinski definition) is 6. The summed E-state index contributed by atoms with van der Waals surface area (Å²) in [5.74, 6) is 0.562. The maximum absolute atomic E-state index is 13.4. The molecule has 2 aliphatic rings. The van der Waals surface area contributed by atoms with Gasteiger partial charge in [-0.1, -0.05) is 42.5 Å². The second kappa shape index (κ2) is 10.5. The number of hydrazine groups is 1. The van der Waals surface area contributed by atoms with E-state index >= 15 is 0 Å². The Kier molecular flexibility index (Phi) is 7.27. The zero-order valence-corrected chi connectivity index (χ0v) is 19.7. The normalized spacial score (nSPS) is 20.9.